The van der Waals surface area contributed by atoms with Crippen molar-refractivity contribution in [1.29, 1.82) is 0 Å². The molecule has 1 aromatic carbocycles. The Balaban J connectivity index is 1.77. The van der Waals surface area contributed by atoms with Crippen LogP contribution in [0.15, 0.2) is 52.3 Å². The van der Waals surface area contributed by atoms with Crippen LogP contribution in [0.3, 0.4) is 0 Å². The normalized spacial score (nSPS) is 10.4. The van der Waals surface area contributed by atoms with Crippen LogP contribution in [0.5, 0.6) is 0 Å². The molecule has 3 rings (SSSR count). The summed E-state index contributed by atoms with van der Waals surface area (Å²) >= 11 is 1.59. The van der Waals surface area contributed by atoms with Crippen LogP contribution in [0.4, 0.5) is 5.69 Å². The van der Waals surface area contributed by atoms with Crippen molar-refractivity contribution in [3.63, 3.8) is 0 Å². The summed E-state index contributed by atoms with van der Waals surface area (Å²) in [5, 5.41) is 6.44. The Labute approximate surface area is 130 Å². The van der Waals surface area contributed by atoms with E-state index in [1.807, 2.05) is 24.5 Å². The molecule has 0 bridgehead atoms. The molecule has 3 aromatic rings. The predicted molar refractivity (Wildman–Crippen MR) is 81.5 cm³/mol. The summed E-state index contributed by atoms with van der Waals surface area (Å²) in [5.41, 5.74) is 1.10. The Bertz CT molecular complexity index is 791. The van der Waals surface area contributed by atoms with Gasteiger partial charge >= 0.3 is 11.8 Å². The largest absolute Gasteiger partial charge is 0.328 e. The van der Waals surface area contributed by atoms with Gasteiger partial charge in [-0.3, -0.25) is 9.78 Å². The molecular formula is C14H11N5O2S. The van der Waals surface area contributed by atoms with Gasteiger partial charge in [0.2, 0.25) is 5.82 Å². The van der Waals surface area contributed by atoms with Crippen molar-refractivity contribution >= 4 is 23.4 Å². The summed E-state index contributed by atoms with van der Waals surface area (Å²) in [5.74, 6) is -0.382. The number of aromatic nitrogens is 4. The quantitative estimate of drug-likeness (QED) is 0.739. The average molecular weight is 313 g/mol. The zero-order valence-corrected chi connectivity index (χ0v) is 12.4. The van der Waals surface area contributed by atoms with Gasteiger partial charge in [0.25, 0.3) is 0 Å². The lowest BCUT2D eigenvalue weighted by atomic mass is 10.3. The molecule has 0 aliphatic heterocycles. The van der Waals surface area contributed by atoms with Crippen molar-refractivity contribution in [1.82, 2.24) is 20.1 Å². The maximum atomic E-state index is 12.1. The minimum Gasteiger partial charge on any atom is -0.328 e. The first-order valence-electron chi connectivity index (χ1n) is 6.32. The molecule has 0 aliphatic carbocycles. The van der Waals surface area contributed by atoms with E-state index in [1.54, 1.807) is 17.8 Å². The number of carbonyl (C=O) groups is 1. The van der Waals surface area contributed by atoms with E-state index < -0.39 is 5.91 Å². The molecule has 0 atom stereocenters. The first kappa shape index (κ1) is 14.2. The van der Waals surface area contributed by atoms with Gasteiger partial charge in [-0.05, 0) is 24.5 Å². The molecule has 22 heavy (non-hydrogen) atoms. The number of hydrogen-bond donors (Lipinski definition) is 1. The van der Waals surface area contributed by atoms with Crippen LogP contribution in [0.1, 0.15) is 10.7 Å². The lowest BCUT2D eigenvalue weighted by Crippen LogP contribution is -2.12. The van der Waals surface area contributed by atoms with Crippen LogP contribution >= 0.6 is 11.8 Å². The summed E-state index contributed by atoms with van der Waals surface area (Å²) < 4.78 is 4.96. The molecule has 0 radical (unpaired) electrons. The standard InChI is InChI=1S/C14H11N5O2S/c1-22-10-4-2-3-9(7-10)17-13(20)14-18-12(19-21-14)11-8-15-5-6-16-11/h2-8H,1H3,(H,17,20). The Morgan fingerprint density at radius 1 is 1.32 bits per heavy atom. The van der Waals surface area contributed by atoms with Crippen LogP contribution < -0.4 is 5.32 Å². The third-order valence-electron chi connectivity index (χ3n) is 2.74. The highest BCUT2D eigenvalue weighted by atomic mass is 32.2. The fourth-order valence-corrected chi connectivity index (χ4v) is 2.18. The Morgan fingerprint density at radius 3 is 3.00 bits per heavy atom. The summed E-state index contributed by atoms with van der Waals surface area (Å²) in [6, 6.07) is 7.47. The lowest BCUT2D eigenvalue weighted by molar-refractivity contribution is 0.0981. The molecule has 1 N–H and O–H groups in total. The van der Waals surface area contributed by atoms with Crippen LogP contribution in [-0.2, 0) is 0 Å². The monoisotopic (exact) mass is 313 g/mol. The predicted octanol–water partition coefficient (Wildman–Crippen LogP) is 2.50. The van der Waals surface area contributed by atoms with Crippen molar-refractivity contribution in [3.8, 4) is 11.5 Å². The summed E-state index contributed by atoms with van der Waals surface area (Å²) in [4.78, 5) is 25.1. The topological polar surface area (TPSA) is 93.8 Å². The Morgan fingerprint density at radius 2 is 2.23 bits per heavy atom. The van der Waals surface area contributed by atoms with Crippen LogP contribution in [-0.4, -0.2) is 32.3 Å². The molecule has 0 aliphatic rings. The van der Waals surface area contributed by atoms with Gasteiger partial charge < -0.3 is 9.84 Å². The number of rotatable bonds is 4. The van der Waals surface area contributed by atoms with E-state index in [4.69, 9.17) is 4.52 Å². The maximum Gasteiger partial charge on any atom is 0.316 e. The highest BCUT2D eigenvalue weighted by molar-refractivity contribution is 7.98. The van der Waals surface area contributed by atoms with E-state index >= 15 is 0 Å². The highest BCUT2D eigenvalue weighted by Crippen LogP contribution is 2.19. The second-order valence-electron chi connectivity index (χ2n) is 4.20. The van der Waals surface area contributed by atoms with Gasteiger partial charge in [-0.25, -0.2) is 4.98 Å². The fourth-order valence-electron chi connectivity index (χ4n) is 1.72. The molecule has 0 saturated heterocycles. The molecule has 1 amide bonds. The highest BCUT2D eigenvalue weighted by Gasteiger charge is 2.17. The maximum absolute atomic E-state index is 12.1. The molecule has 2 aromatic heterocycles. The second kappa shape index (κ2) is 6.35. The first-order valence-corrected chi connectivity index (χ1v) is 7.54. The zero-order valence-electron chi connectivity index (χ0n) is 11.6. The molecule has 110 valence electrons. The van der Waals surface area contributed by atoms with Gasteiger partial charge in [-0.2, -0.15) is 4.98 Å². The first-order chi connectivity index (χ1) is 10.8. The van der Waals surface area contributed by atoms with E-state index in [0.29, 0.717) is 11.4 Å². The number of thioether (sulfide) groups is 1. The van der Waals surface area contributed by atoms with Gasteiger partial charge in [0.1, 0.15) is 5.69 Å². The van der Waals surface area contributed by atoms with Gasteiger partial charge in [-0.15, -0.1) is 11.8 Å². The minimum absolute atomic E-state index is 0.129. The van der Waals surface area contributed by atoms with E-state index in [-0.39, 0.29) is 11.7 Å². The van der Waals surface area contributed by atoms with E-state index in [0.717, 1.165) is 4.90 Å². The number of anilines is 1. The number of hydrogen-bond acceptors (Lipinski definition) is 7. The molecular weight excluding hydrogens is 302 g/mol. The molecule has 0 unspecified atom stereocenters. The number of nitrogens with zero attached hydrogens (tertiary/aromatic N) is 4. The molecule has 8 heteroatoms. The number of carbonyl (C=O) groups excluding carboxylic acids is 1. The van der Waals surface area contributed by atoms with Crippen LogP contribution in [0.25, 0.3) is 11.5 Å². The summed E-state index contributed by atoms with van der Waals surface area (Å²) in [6.07, 6.45) is 6.51. The van der Waals surface area contributed by atoms with Crippen LogP contribution in [0.2, 0.25) is 0 Å². The molecule has 2 heterocycles. The number of amides is 1. The van der Waals surface area contributed by atoms with Gasteiger partial charge in [-0.1, -0.05) is 11.2 Å². The van der Waals surface area contributed by atoms with Crippen molar-refractivity contribution in [2.75, 3.05) is 11.6 Å². The third kappa shape index (κ3) is 3.12. The summed E-state index contributed by atoms with van der Waals surface area (Å²) in [7, 11) is 0. The lowest BCUT2D eigenvalue weighted by Gasteiger charge is -2.03. The second-order valence-corrected chi connectivity index (χ2v) is 5.08. The van der Waals surface area contributed by atoms with E-state index in [2.05, 4.69) is 25.4 Å². The van der Waals surface area contributed by atoms with Gasteiger partial charge in [0.05, 0.1) is 6.20 Å². The van der Waals surface area contributed by atoms with E-state index in [1.165, 1.54) is 18.6 Å². The van der Waals surface area contributed by atoms with Crippen molar-refractivity contribution in [2.45, 2.75) is 4.90 Å². The molecule has 7 nitrogen and oxygen atoms in total. The van der Waals surface area contributed by atoms with Crippen molar-refractivity contribution < 1.29 is 9.32 Å². The summed E-state index contributed by atoms with van der Waals surface area (Å²) in [6.45, 7) is 0. The molecule has 0 fully saturated rings. The number of nitrogens with one attached hydrogen (secondary N) is 1. The minimum atomic E-state index is -0.471. The van der Waals surface area contributed by atoms with Crippen LogP contribution in [0, 0.1) is 0 Å². The fraction of sp³-hybridized carbons (Fsp3) is 0.0714. The van der Waals surface area contributed by atoms with Gasteiger partial charge in [0, 0.05) is 23.0 Å². The zero-order chi connectivity index (χ0) is 15.4. The van der Waals surface area contributed by atoms with Gasteiger partial charge in [0.15, 0.2) is 0 Å². The molecule has 0 spiro atoms. The average Bonchev–Trinajstić information content (AvgIpc) is 3.06. The Kier molecular flexibility index (Phi) is 4.10. The van der Waals surface area contributed by atoms with Crippen molar-refractivity contribution in [2.24, 2.45) is 0 Å². The molecule has 0 saturated carbocycles. The van der Waals surface area contributed by atoms with Crippen molar-refractivity contribution in [3.05, 3.63) is 48.7 Å². The smallest absolute Gasteiger partial charge is 0.316 e. The number of benzene rings is 1. The SMILES string of the molecule is CSc1cccc(NC(=O)c2nc(-c3cnccn3)no2)c1. The Hall–Kier alpha value is -2.74. The van der Waals surface area contributed by atoms with E-state index in [9.17, 15) is 4.79 Å². The third-order valence-corrected chi connectivity index (χ3v) is 3.47.